The molecular formula is C17H35Cl2N3O. The van der Waals surface area contributed by atoms with Crippen molar-refractivity contribution in [2.75, 3.05) is 26.2 Å². The molecule has 2 aliphatic rings. The molecule has 0 radical (unpaired) electrons. The third kappa shape index (κ3) is 6.77. The lowest BCUT2D eigenvalue weighted by molar-refractivity contribution is -0.133. The van der Waals surface area contributed by atoms with Gasteiger partial charge in [-0.2, -0.15) is 0 Å². The minimum absolute atomic E-state index is 0. The number of carbonyl (C=O) groups is 1. The molecule has 4 nitrogen and oxygen atoms in total. The summed E-state index contributed by atoms with van der Waals surface area (Å²) in [7, 11) is 0. The Balaban J connectivity index is 0.00000242. The van der Waals surface area contributed by atoms with Crippen LogP contribution in [0.1, 0.15) is 52.9 Å². The third-order valence-corrected chi connectivity index (χ3v) is 5.36. The lowest BCUT2D eigenvalue weighted by Crippen LogP contribution is -2.53. The van der Waals surface area contributed by atoms with Crippen molar-refractivity contribution >= 4 is 30.7 Å². The molecule has 2 N–H and O–H groups in total. The first-order chi connectivity index (χ1) is 9.97. The zero-order chi connectivity index (χ0) is 15.4. The SMILES string of the molecule is CC(N)CC(=O)N1CCN(C2CCC(C(C)C)CC2)CC1.Cl.Cl. The molecule has 1 saturated heterocycles. The molecule has 1 heterocycles. The van der Waals surface area contributed by atoms with Gasteiger partial charge in [0.25, 0.3) is 0 Å². The van der Waals surface area contributed by atoms with Gasteiger partial charge in [0.1, 0.15) is 0 Å². The Morgan fingerprint density at radius 3 is 1.96 bits per heavy atom. The predicted octanol–water partition coefficient (Wildman–Crippen LogP) is 2.93. The van der Waals surface area contributed by atoms with Crippen LogP contribution in [0.4, 0.5) is 0 Å². The first-order valence-corrected chi connectivity index (χ1v) is 8.74. The Labute approximate surface area is 154 Å². The topological polar surface area (TPSA) is 49.6 Å². The van der Waals surface area contributed by atoms with E-state index in [2.05, 4.69) is 18.7 Å². The smallest absolute Gasteiger partial charge is 0.224 e. The van der Waals surface area contributed by atoms with Crippen molar-refractivity contribution < 1.29 is 4.79 Å². The number of amides is 1. The lowest BCUT2D eigenvalue weighted by Gasteiger charge is -2.42. The van der Waals surface area contributed by atoms with E-state index in [1.54, 1.807) is 0 Å². The van der Waals surface area contributed by atoms with Gasteiger partial charge < -0.3 is 10.6 Å². The second kappa shape index (κ2) is 10.8. The number of nitrogens with zero attached hydrogens (tertiary/aromatic N) is 2. The van der Waals surface area contributed by atoms with Gasteiger partial charge >= 0.3 is 0 Å². The first kappa shape index (κ1) is 23.0. The number of halogens is 2. The first-order valence-electron chi connectivity index (χ1n) is 8.74. The summed E-state index contributed by atoms with van der Waals surface area (Å²) in [5.74, 6) is 1.99. The molecule has 0 bridgehead atoms. The highest BCUT2D eigenvalue weighted by molar-refractivity contribution is 5.85. The highest BCUT2D eigenvalue weighted by atomic mass is 35.5. The summed E-state index contributed by atoms with van der Waals surface area (Å²) in [6.07, 6.45) is 5.94. The normalized spacial score (nSPS) is 27.1. The van der Waals surface area contributed by atoms with Crippen LogP contribution in [0.5, 0.6) is 0 Å². The molecule has 1 aliphatic heterocycles. The van der Waals surface area contributed by atoms with E-state index in [-0.39, 0.29) is 36.8 Å². The van der Waals surface area contributed by atoms with Crippen LogP contribution < -0.4 is 5.73 Å². The van der Waals surface area contributed by atoms with E-state index in [4.69, 9.17) is 5.73 Å². The standard InChI is InChI=1S/C17H33N3O.2ClH/c1-13(2)15-4-6-16(7-5-15)19-8-10-20(11-9-19)17(21)12-14(3)18;;/h13-16H,4-12,18H2,1-3H3;2*1H. The molecule has 1 aliphatic carbocycles. The average molecular weight is 368 g/mol. The minimum Gasteiger partial charge on any atom is -0.340 e. The maximum atomic E-state index is 12.0. The van der Waals surface area contributed by atoms with Gasteiger partial charge in [-0.25, -0.2) is 0 Å². The average Bonchev–Trinajstić information content (AvgIpc) is 2.47. The van der Waals surface area contributed by atoms with Crippen molar-refractivity contribution in [2.24, 2.45) is 17.6 Å². The van der Waals surface area contributed by atoms with Crippen molar-refractivity contribution in [3.63, 3.8) is 0 Å². The largest absolute Gasteiger partial charge is 0.340 e. The molecule has 2 rings (SSSR count). The van der Waals surface area contributed by atoms with Gasteiger partial charge in [0.15, 0.2) is 0 Å². The van der Waals surface area contributed by atoms with Crippen LogP contribution >= 0.6 is 24.8 Å². The molecule has 1 amide bonds. The number of piperazine rings is 1. The fraction of sp³-hybridized carbons (Fsp3) is 0.941. The van der Waals surface area contributed by atoms with E-state index in [0.29, 0.717) is 6.42 Å². The van der Waals surface area contributed by atoms with Gasteiger partial charge in [-0.3, -0.25) is 9.69 Å². The summed E-state index contributed by atoms with van der Waals surface area (Å²) in [6, 6.07) is 0.729. The van der Waals surface area contributed by atoms with E-state index >= 15 is 0 Å². The summed E-state index contributed by atoms with van der Waals surface area (Å²) in [5, 5.41) is 0. The maximum absolute atomic E-state index is 12.0. The summed E-state index contributed by atoms with van der Waals surface area (Å²) in [6.45, 7) is 10.5. The number of carbonyl (C=O) groups excluding carboxylic acids is 1. The van der Waals surface area contributed by atoms with Gasteiger partial charge in [0.05, 0.1) is 0 Å². The van der Waals surface area contributed by atoms with Crippen LogP contribution in [-0.2, 0) is 4.79 Å². The number of rotatable bonds is 4. The molecule has 2 fully saturated rings. The van der Waals surface area contributed by atoms with Crippen molar-refractivity contribution in [3.8, 4) is 0 Å². The number of nitrogens with two attached hydrogens (primary N) is 1. The summed E-state index contributed by atoms with van der Waals surface area (Å²) in [5.41, 5.74) is 5.72. The van der Waals surface area contributed by atoms with Crippen molar-refractivity contribution in [2.45, 2.75) is 65.0 Å². The molecule has 0 aromatic rings. The van der Waals surface area contributed by atoms with Crippen LogP contribution in [0.2, 0.25) is 0 Å². The van der Waals surface area contributed by atoms with Gasteiger partial charge in [-0.1, -0.05) is 13.8 Å². The molecule has 138 valence electrons. The third-order valence-electron chi connectivity index (χ3n) is 5.36. The quantitative estimate of drug-likeness (QED) is 0.830. The highest BCUT2D eigenvalue weighted by Crippen LogP contribution is 2.32. The second-order valence-electron chi connectivity index (χ2n) is 7.41. The predicted molar refractivity (Wildman–Crippen MR) is 101 cm³/mol. The number of hydrogen-bond donors (Lipinski definition) is 1. The zero-order valence-electron chi connectivity index (χ0n) is 14.9. The molecule has 1 saturated carbocycles. The van der Waals surface area contributed by atoms with Crippen LogP contribution in [0, 0.1) is 11.8 Å². The van der Waals surface area contributed by atoms with E-state index in [9.17, 15) is 4.79 Å². The highest BCUT2D eigenvalue weighted by Gasteiger charge is 2.30. The minimum atomic E-state index is -0.0261. The number of hydrogen-bond acceptors (Lipinski definition) is 3. The molecule has 23 heavy (non-hydrogen) atoms. The molecule has 6 heteroatoms. The zero-order valence-corrected chi connectivity index (χ0v) is 16.5. The summed E-state index contributed by atoms with van der Waals surface area (Å²) < 4.78 is 0. The Kier molecular flexibility index (Phi) is 10.7. The fourth-order valence-electron chi connectivity index (χ4n) is 3.87. The van der Waals surface area contributed by atoms with Gasteiger partial charge in [-0.15, -0.1) is 24.8 Å². The fourth-order valence-corrected chi connectivity index (χ4v) is 3.87. The summed E-state index contributed by atoms with van der Waals surface area (Å²) in [4.78, 5) is 16.7. The van der Waals surface area contributed by atoms with Gasteiger partial charge in [0, 0.05) is 44.7 Å². The van der Waals surface area contributed by atoms with Crippen molar-refractivity contribution in [1.29, 1.82) is 0 Å². The molecule has 0 aromatic heterocycles. The van der Waals surface area contributed by atoms with Crippen molar-refractivity contribution in [3.05, 3.63) is 0 Å². The van der Waals surface area contributed by atoms with Crippen molar-refractivity contribution in [1.82, 2.24) is 9.80 Å². The van der Waals surface area contributed by atoms with Gasteiger partial charge in [0.2, 0.25) is 5.91 Å². The Hall–Kier alpha value is -0.0300. The molecular weight excluding hydrogens is 333 g/mol. The molecule has 0 aromatic carbocycles. The molecule has 1 unspecified atom stereocenters. The Morgan fingerprint density at radius 1 is 1.00 bits per heavy atom. The maximum Gasteiger partial charge on any atom is 0.224 e. The van der Waals surface area contributed by atoms with Crippen LogP contribution in [0.25, 0.3) is 0 Å². The van der Waals surface area contributed by atoms with Crippen LogP contribution in [0.3, 0.4) is 0 Å². The van der Waals surface area contributed by atoms with E-state index in [1.165, 1.54) is 25.7 Å². The van der Waals surface area contributed by atoms with E-state index < -0.39 is 0 Å². The lowest BCUT2D eigenvalue weighted by atomic mass is 9.79. The molecule has 1 atom stereocenters. The van der Waals surface area contributed by atoms with Crippen LogP contribution in [-0.4, -0.2) is 54.0 Å². The monoisotopic (exact) mass is 367 g/mol. The molecule has 0 spiro atoms. The summed E-state index contributed by atoms with van der Waals surface area (Å²) >= 11 is 0. The van der Waals surface area contributed by atoms with E-state index in [1.807, 2.05) is 11.8 Å². The Morgan fingerprint density at radius 2 is 1.52 bits per heavy atom. The second-order valence-corrected chi connectivity index (χ2v) is 7.41. The van der Waals surface area contributed by atoms with E-state index in [0.717, 1.165) is 44.1 Å². The van der Waals surface area contributed by atoms with Gasteiger partial charge in [-0.05, 0) is 44.4 Å². The Bertz CT molecular complexity index is 337. The van der Waals surface area contributed by atoms with Crippen LogP contribution in [0.15, 0.2) is 0 Å².